The summed E-state index contributed by atoms with van der Waals surface area (Å²) >= 11 is 3.51. The minimum atomic E-state index is 0.194. The number of fused-ring (bicyclic) bond motifs is 1. The Labute approximate surface area is 230 Å². The van der Waals surface area contributed by atoms with E-state index in [-0.39, 0.29) is 6.10 Å². The van der Waals surface area contributed by atoms with Crippen LogP contribution in [0.3, 0.4) is 0 Å². The van der Waals surface area contributed by atoms with Gasteiger partial charge in [0.25, 0.3) is 0 Å². The monoisotopic (exact) mass is 556 g/mol. The van der Waals surface area contributed by atoms with E-state index >= 15 is 0 Å². The minimum Gasteiger partial charge on any atom is -0.489 e. The van der Waals surface area contributed by atoms with Crippen molar-refractivity contribution in [2.75, 3.05) is 11.9 Å². The number of halogens is 1. The molecule has 5 rings (SSSR count). The van der Waals surface area contributed by atoms with Crippen LogP contribution in [0.1, 0.15) is 66.2 Å². The van der Waals surface area contributed by atoms with E-state index in [1.54, 1.807) is 0 Å². The topological polar surface area (TPSA) is 18.5 Å². The molecule has 37 heavy (non-hydrogen) atoms. The summed E-state index contributed by atoms with van der Waals surface area (Å²) < 4.78 is 12.3. The van der Waals surface area contributed by atoms with Gasteiger partial charge >= 0.3 is 0 Å². The zero-order valence-corrected chi connectivity index (χ0v) is 23.1. The SMILES string of the molecule is BrCCCCCOC1C=CC(C2c3ccc(OCc4ccccc4)cc3CCC2c2ccccc2)=CC1. The lowest BCUT2D eigenvalue weighted by Crippen LogP contribution is -2.22. The average Bonchev–Trinajstić information content (AvgIpc) is 2.96. The van der Waals surface area contributed by atoms with Crippen LogP contribution >= 0.6 is 15.9 Å². The van der Waals surface area contributed by atoms with E-state index in [1.165, 1.54) is 40.7 Å². The Morgan fingerprint density at radius 2 is 1.68 bits per heavy atom. The van der Waals surface area contributed by atoms with E-state index < -0.39 is 0 Å². The van der Waals surface area contributed by atoms with Gasteiger partial charge < -0.3 is 9.47 Å². The van der Waals surface area contributed by atoms with Crippen LogP contribution in [0.2, 0.25) is 0 Å². The Morgan fingerprint density at radius 1 is 0.865 bits per heavy atom. The first-order valence-electron chi connectivity index (χ1n) is 13.7. The highest BCUT2D eigenvalue weighted by Crippen LogP contribution is 2.48. The Bertz CT molecular complexity index is 1180. The van der Waals surface area contributed by atoms with E-state index in [1.807, 2.05) is 6.07 Å². The summed E-state index contributed by atoms with van der Waals surface area (Å²) in [5.41, 5.74) is 6.91. The number of hydrogen-bond donors (Lipinski definition) is 0. The van der Waals surface area contributed by atoms with Crippen LogP contribution in [-0.2, 0) is 17.8 Å². The van der Waals surface area contributed by atoms with Crippen molar-refractivity contribution in [3.8, 4) is 5.75 Å². The van der Waals surface area contributed by atoms with Gasteiger partial charge in [0, 0.05) is 17.9 Å². The third-order valence-corrected chi connectivity index (χ3v) is 8.17. The molecule has 0 N–H and O–H groups in total. The molecule has 0 saturated heterocycles. The third-order valence-electron chi connectivity index (χ3n) is 7.61. The quantitative estimate of drug-likeness (QED) is 0.173. The lowest BCUT2D eigenvalue weighted by molar-refractivity contribution is 0.0830. The molecule has 2 nitrogen and oxygen atoms in total. The van der Waals surface area contributed by atoms with Crippen LogP contribution in [0.4, 0.5) is 0 Å². The molecular weight excluding hydrogens is 520 g/mol. The maximum Gasteiger partial charge on any atom is 0.120 e. The van der Waals surface area contributed by atoms with Gasteiger partial charge in [-0.25, -0.2) is 0 Å². The molecule has 0 bridgehead atoms. The first-order chi connectivity index (χ1) is 18.3. The van der Waals surface area contributed by atoms with Gasteiger partial charge in [0.15, 0.2) is 0 Å². The van der Waals surface area contributed by atoms with E-state index in [4.69, 9.17) is 9.47 Å². The second-order valence-corrected chi connectivity index (χ2v) is 10.9. The maximum atomic E-state index is 6.18. The summed E-state index contributed by atoms with van der Waals surface area (Å²) in [5, 5.41) is 1.08. The fourth-order valence-corrected chi connectivity index (χ4v) is 6.07. The Balaban J connectivity index is 1.33. The van der Waals surface area contributed by atoms with Crippen molar-refractivity contribution in [2.45, 2.75) is 63.1 Å². The fraction of sp³-hybridized carbons (Fsp3) is 0.353. The summed E-state index contributed by atoms with van der Waals surface area (Å²) in [7, 11) is 0. The standard InChI is InChI=1S/C34H37BrO2/c35-22-8-3-9-23-36-30-17-14-28(15-18-30)34-32(27-12-6-2-7-13-27)20-16-29-24-31(19-21-33(29)34)37-25-26-10-4-1-5-11-26/h1-2,4-7,10-15,17,19,21,24,30,32,34H,3,8-9,16,18,20,22-23,25H2. The Hall–Kier alpha value is -2.62. The highest BCUT2D eigenvalue weighted by Gasteiger charge is 2.33. The van der Waals surface area contributed by atoms with Crippen LogP contribution in [0.25, 0.3) is 0 Å². The van der Waals surface area contributed by atoms with Crippen LogP contribution in [-0.4, -0.2) is 18.0 Å². The lowest BCUT2D eigenvalue weighted by atomic mass is 9.68. The Kier molecular flexibility index (Phi) is 9.32. The van der Waals surface area contributed by atoms with Gasteiger partial charge in [0.05, 0.1) is 6.10 Å². The molecule has 3 aromatic carbocycles. The highest BCUT2D eigenvalue weighted by atomic mass is 79.9. The van der Waals surface area contributed by atoms with E-state index in [0.29, 0.717) is 18.4 Å². The summed E-state index contributed by atoms with van der Waals surface area (Å²) in [4.78, 5) is 0. The van der Waals surface area contributed by atoms with E-state index in [2.05, 4.69) is 107 Å². The number of benzene rings is 3. The first-order valence-corrected chi connectivity index (χ1v) is 14.8. The number of aryl methyl sites for hydroxylation is 1. The summed E-state index contributed by atoms with van der Waals surface area (Å²) in [6, 6.07) is 28.2. The molecule has 0 aromatic heterocycles. The minimum absolute atomic E-state index is 0.194. The van der Waals surface area contributed by atoms with E-state index in [0.717, 1.165) is 43.4 Å². The summed E-state index contributed by atoms with van der Waals surface area (Å²) in [6.07, 6.45) is 14.0. The van der Waals surface area contributed by atoms with Crippen molar-refractivity contribution in [3.63, 3.8) is 0 Å². The molecule has 2 aliphatic rings. The zero-order valence-electron chi connectivity index (χ0n) is 21.5. The molecule has 0 aliphatic heterocycles. The highest BCUT2D eigenvalue weighted by molar-refractivity contribution is 9.09. The van der Waals surface area contributed by atoms with Crippen molar-refractivity contribution in [1.29, 1.82) is 0 Å². The molecule has 3 heteroatoms. The lowest BCUT2D eigenvalue weighted by Gasteiger charge is -2.36. The number of ether oxygens (including phenoxy) is 2. The molecule has 0 heterocycles. The van der Waals surface area contributed by atoms with Gasteiger partial charge in [0.1, 0.15) is 12.4 Å². The van der Waals surface area contributed by atoms with Gasteiger partial charge in [-0.1, -0.05) is 107 Å². The van der Waals surface area contributed by atoms with Crippen molar-refractivity contribution >= 4 is 15.9 Å². The van der Waals surface area contributed by atoms with Crippen LogP contribution in [0.15, 0.2) is 103 Å². The second-order valence-electron chi connectivity index (χ2n) is 10.1. The molecule has 3 aromatic rings. The molecular formula is C34H37BrO2. The molecule has 0 spiro atoms. The molecule has 0 radical (unpaired) electrons. The second kappa shape index (κ2) is 13.3. The number of hydrogen-bond acceptors (Lipinski definition) is 2. The van der Waals surface area contributed by atoms with Crippen molar-refractivity contribution in [3.05, 3.63) is 125 Å². The van der Waals surface area contributed by atoms with Gasteiger partial charge in [-0.15, -0.1) is 0 Å². The predicted molar refractivity (Wildman–Crippen MR) is 157 cm³/mol. The molecule has 3 atom stereocenters. The maximum absolute atomic E-state index is 6.18. The molecule has 0 amide bonds. The predicted octanol–water partition coefficient (Wildman–Crippen LogP) is 8.92. The number of allylic oxidation sites excluding steroid dienone is 2. The van der Waals surface area contributed by atoms with Gasteiger partial charge in [-0.05, 0) is 78.0 Å². The van der Waals surface area contributed by atoms with E-state index in [9.17, 15) is 0 Å². The fourth-order valence-electron chi connectivity index (χ4n) is 5.68. The van der Waals surface area contributed by atoms with Crippen LogP contribution in [0.5, 0.6) is 5.75 Å². The molecule has 0 fully saturated rings. The first kappa shape index (κ1) is 26.0. The zero-order chi connectivity index (χ0) is 25.3. The normalized spacial score (nSPS) is 20.8. The van der Waals surface area contributed by atoms with Crippen molar-refractivity contribution < 1.29 is 9.47 Å². The average molecular weight is 558 g/mol. The number of rotatable bonds is 11. The van der Waals surface area contributed by atoms with Gasteiger partial charge in [-0.2, -0.15) is 0 Å². The van der Waals surface area contributed by atoms with Gasteiger partial charge in [-0.3, -0.25) is 0 Å². The Morgan fingerprint density at radius 3 is 2.43 bits per heavy atom. The van der Waals surface area contributed by atoms with Crippen molar-refractivity contribution in [2.24, 2.45) is 0 Å². The number of unbranched alkanes of at least 4 members (excludes halogenated alkanes) is 2. The molecule has 2 aliphatic carbocycles. The molecule has 0 saturated carbocycles. The smallest absolute Gasteiger partial charge is 0.120 e. The molecule has 192 valence electrons. The largest absolute Gasteiger partial charge is 0.489 e. The summed E-state index contributed by atoms with van der Waals surface area (Å²) in [5.74, 6) is 1.79. The van der Waals surface area contributed by atoms with Crippen molar-refractivity contribution in [1.82, 2.24) is 0 Å². The third kappa shape index (κ3) is 6.83. The van der Waals surface area contributed by atoms with Crippen LogP contribution in [0, 0.1) is 0 Å². The summed E-state index contributed by atoms with van der Waals surface area (Å²) in [6.45, 7) is 1.44. The van der Waals surface area contributed by atoms with Crippen LogP contribution < -0.4 is 4.74 Å². The van der Waals surface area contributed by atoms with Gasteiger partial charge in [0.2, 0.25) is 0 Å². The molecule has 3 unspecified atom stereocenters. The number of alkyl halides is 1.